The second kappa shape index (κ2) is 6.12. The summed E-state index contributed by atoms with van der Waals surface area (Å²) in [6.45, 7) is 4.16. The summed E-state index contributed by atoms with van der Waals surface area (Å²) in [5, 5.41) is 0. The number of benzene rings is 1. The number of nitrogens with one attached hydrogen (secondary N) is 1. The Morgan fingerprint density at radius 1 is 1.50 bits per heavy atom. The number of nitrogen functional groups attached to an aromatic ring is 1. The maximum Gasteiger partial charge on any atom is 0.243 e. The van der Waals surface area contributed by atoms with Crippen molar-refractivity contribution in [3.8, 4) is 0 Å². The lowest BCUT2D eigenvalue weighted by atomic mass is 10.3. The van der Waals surface area contributed by atoms with Gasteiger partial charge in [0.2, 0.25) is 10.0 Å². The van der Waals surface area contributed by atoms with Gasteiger partial charge in [-0.25, -0.2) is 17.5 Å². The molecule has 3 N–H and O–H groups in total. The topological polar surface area (TPSA) is 81.4 Å². The fourth-order valence-electron chi connectivity index (χ4n) is 1.39. The molecule has 1 rings (SSSR count). The molecular weight excluding hydrogens is 259 g/mol. The van der Waals surface area contributed by atoms with Gasteiger partial charge in [0.1, 0.15) is 10.7 Å². The van der Waals surface area contributed by atoms with Crippen LogP contribution in [0.1, 0.15) is 13.8 Å². The lowest BCUT2D eigenvalue weighted by Crippen LogP contribution is -2.36. The molecule has 1 unspecified atom stereocenters. The molecule has 1 atom stereocenters. The molecule has 0 aliphatic rings. The fourth-order valence-corrected chi connectivity index (χ4v) is 2.68. The summed E-state index contributed by atoms with van der Waals surface area (Å²) < 4.78 is 44.7. The molecule has 0 amide bonds. The van der Waals surface area contributed by atoms with Crippen molar-refractivity contribution < 1.29 is 17.5 Å². The van der Waals surface area contributed by atoms with Crippen LogP contribution in [0.2, 0.25) is 0 Å². The van der Waals surface area contributed by atoms with E-state index in [1.165, 1.54) is 6.07 Å². The smallest absolute Gasteiger partial charge is 0.243 e. The molecule has 18 heavy (non-hydrogen) atoms. The summed E-state index contributed by atoms with van der Waals surface area (Å²) in [6, 6.07) is 3.01. The summed E-state index contributed by atoms with van der Waals surface area (Å²) in [4.78, 5) is -0.417. The molecule has 1 aromatic rings. The fraction of sp³-hybridized carbons (Fsp3) is 0.455. The Labute approximate surface area is 106 Å². The van der Waals surface area contributed by atoms with Crippen LogP contribution in [0.25, 0.3) is 0 Å². The summed E-state index contributed by atoms with van der Waals surface area (Å²) >= 11 is 0. The zero-order chi connectivity index (χ0) is 13.8. The standard InChI is InChI=1S/C11H17FN2O3S/c1-3-17-7-8(2)14-18(15,16)11-5-4-9(13)6-10(11)12/h4-6,8,14H,3,7,13H2,1-2H3. The highest BCUT2D eigenvalue weighted by molar-refractivity contribution is 7.89. The van der Waals surface area contributed by atoms with E-state index < -0.39 is 26.8 Å². The van der Waals surface area contributed by atoms with Gasteiger partial charge in [-0.2, -0.15) is 0 Å². The molecule has 0 spiro atoms. The van der Waals surface area contributed by atoms with E-state index in [9.17, 15) is 12.8 Å². The number of hydrogen-bond donors (Lipinski definition) is 2. The van der Waals surface area contributed by atoms with Gasteiger partial charge in [-0.1, -0.05) is 0 Å². The van der Waals surface area contributed by atoms with Crippen LogP contribution in [0, 0.1) is 5.82 Å². The van der Waals surface area contributed by atoms with E-state index in [0.717, 1.165) is 12.1 Å². The molecule has 0 aromatic heterocycles. The molecule has 7 heteroatoms. The lowest BCUT2D eigenvalue weighted by Gasteiger charge is -2.14. The van der Waals surface area contributed by atoms with Crippen molar-refractivity contribution in [2.45, 2.75) is 24.8 Å². The number of sulfonamides is 1. The average Bonchev–Trinajstić information content (AvgIpc) is 2.25. The Kier molecular flexibility index (Phi) is 5.06. The average molecular weight is 276 g/mol. The van der Waals surface area contributed by atoms with Gasteiger partial charge in [-0.05, 0) is 32.0 Å². The number of anilines is 1. The minimum Gasteiger partial charge on any atom is -0.399 e. The van der Waals surface area contributed by atoms with Crippen molar-refractivity contribution in [2.24, 2.45) is 0 Å². The first-order valence-corrected chi connectivity index (χ1v) is 7.00. The molecule has 0 aliphatic carbocycles. The van der Waals surface area contributed by atoms with Gasteiger partial charge in [-0.3, -0.25) is 0 Å². The van der Waals surface area contributed by atoms with Gasteiger partial charge in [0.15, 0.2) is 0 Å². The highest BCUT2D eigenvalue weighted by Gasteiger charge is 2.21. The maximum absolute atomic E-state index is 13.5. The number of halogens is 1. The van der Waals surface area contributed by atoms with E-state index in [0.29, 0.717) is 6.61 Å². The molecule has 0 saturated heterocycles. The third-order valence-corrected chi connectivity index (χ3v) is 3.80. The van der Waals surface area contributed by atoms with Crippen molar-refractivity contribution in [1.29, 1.82) is 0 Å². The maximum atomic E-state index is 13.5. The van der Waals surface area contributed by atoms with Crippen LogP contribution in [0.5, 0.6) is 0 Å². The lowest BCUT2D eigenvalue weighted by molar-refractivity contribution is 0.133. The van der Waals surface area contributed by atoms with E-state index >= 15 is 0 Å². The second-order valence-electron chi connectivity index (χ2n) is 3.87. The summed E-state index contributed by atoms with van der Waals surface area (Å²) in [6.07, 6.45) is 0. The predicted octanol–water partition coefficient (Wildman–Crippen LogP) is 1.11. The third kappa shape index (κ3) is 3.94. The van der Waals surface area contributed by atoms with Gasteiger partial charge in [0.25, 0.3) is 0 Å². The van der Waals surface area contributed by atoms with Gasteiger partial charge in [0.05, 0.1) is 6.61 Å². The molecule has 0 radical (unpaired) electrons. The van der Waals surface area contributed by atoms with Crippen molar-refractivity contribution in [3.63, 3.8) is 0 Å². The highest BCUT2D eigenvalue weighted by atomic mass is 32.2. The zero-order valence-electron chi connectivity index (χ0n) is 10.3. The van der Waals surface area contributed by atoms with Crippen LogP contribution < -0.4 is 10.5 Å². The van der Waals surface area contributed by atoms with Crippen molar-refractivity contribution in [1.82, 2.24) is 4.72 Å². The highest BCUT2D eigenvalue weighted by Crippen LogP contribution is 2.17. The number of hydrogen-bond acceptors (Lipinski definition) is 4. The first kappa shape index (κ1) is 14.9. The number of rotatable bonds is 6. The van der Waals surface area contributed by atoms with Crippen LogP contribution in [0.3, 0.4) is 0 Å². The van der Waals surface area contributed by atoms with Crippen LogP contribution >= 0.6 is 0 Å². The Morgan fingerprint density at radius 3 is 2.72 bits per heavy atom. The van der Waals surface area contributed by atoms with Crippen molar-refractivity contribution in [3.05, 3.63) is 24.0 Å². The summed E-state index contributed by atoms with van der Waals surface area (Å²) in [5.74, 6) is -0.869. The summed E-state index contributed by atoms with van der Waals surface area (Å²) in [7, 11) is -3.90. The van der Waals surface area contributed by atoms with E-state index in [-0.39, 0.29) is 12.3 Å². The first-order chi connectivity index (χ1) is 8.36. The SMILES string of the molecule is CCOCC(C)NS(=O)(=O)c1ccc(N)cc1F. The predicted molar refractivity (Wildman–Crippen MR) is 67.1 cm³/mol. The molecule has 0 fully saturated rings. The zero-order valence-corrected chi connectivity index (χ0v) is 11.1. The van der Waals surface area contributed by atoms with Crippen LogP contribution in [-0.4, -0.2) is 27.7 Å². The van der Waals surface area contributed by atoms with Crippen LogP contribution in [0.15, 0.2) is 23.1 Å². The minimum atomic E-state index is -3.90. The van der Waals surface area contributed by atoms with E-state index in [1.807, 2.05) is 0 Å². The van der Waals surface area contributed by atoms with E-state index in [1.54, 1.807) is 13.8 Å². The quantitative estimate of drug-likeness (QED) is 0.763. The Bertz CT molecular complexity index is 505. The molecular formula is C11H17FN2O3S. The van der Waals surface area contributed by atoms with Crippen molar-refractivity contribution >= 4 is 15.7 Å². The monoisotopic (exact) mass is 276 g/mol. The normalized spacial score (nSPS) is 13.5. The van der Waals surface area contributed by atoms with Gasteiger partial charge in [0, 0.05) is 18.3 Å². The molecule has 1 aromatic carbocycles. The Morgan fingerprint density at radius 2 is 2.17 bits per heavy atom. The van der Waals surface area contributed by atoms with Gasteiger partial charge >= 0.3 is 0 Å². The van der Waals surface area contributed by atoms with Gasteiger partial charge < -0.3 is 10.5 Å². The minimum absolute atomic E-state index is 0.175. The molecule has 5 nitrogen and oxygen atoms in total. The molecule has 0 heterocycles. The van der Waals surface area contributed by atoms with Crippen LogP contribution in [-0.2, 0) is 14.8 Å². The largest absolute Gasteiger partial charge is 0.399 e. The Hall–Kier alpha value is -1.18. The molecule has 0 aliphatic heterocycles. The third-order valence-electron chi connectivity index (χ3n) is 2.17. The van der Waals surface area contributed by atoms with Gasteiger partial charge in [-0.15, -0.1) is 0 Å². The first-order valence-electron chi connectivity index (χ1n) is 5.52. The molecule has 0 saturated carbocycles. The van der Waals surface area contributed by atoms with Crippen LogP contribution in [0.4, 0.5) is 10.1 Å². The number of nitrogens with two attached hydrogens (primary N) is 1. The Balaban J connectivity index is 2.86. The van der Waals surface area contributed by atoms with E-state index in [2.05, 4.69) is 4.72 Å². The second-order valence-corrected chi connectivity index (χ2v) is 5.55. The number of ether oxygens (including phenoxy) is 1. The molecule has 102 valence electrons. The molecule has 0 bridgehead atoms. The van der Waals surface area contributed by atoms with E-state index in [4.69, 9.17) is 10.5 Å². The van der Waals surface area contributed by atoms with Crippen molar-refractivity contribution in [2.75, 3.05) is 18.9 Å². The summed E-state index contributed by atoms with van der Waals surface area (Å²) in [5.41, 5.74) is 5.54.